The van der Waals surface area contributed by atoms with Crippen LogP contribution in [0.2, 0.25) is 0 Å². The number of hydrogen-bond acceptors (Lipinski definition) is 3. The van der Waals surface area contributed by atoms with Crippen LogP contribution in [-0.4, -0.2) is 4.98 Å². The average Bonchev–Trinajstić information content (AvgIpc) is 2.34. The third-order valence-corrected chi connectivity index (χ3v) is 2.65. The fraction of sp³-hybridized carbons (Fsp3) is 0.214. The quantitative estimate of drug-likeness (QED) is 0.903. The fourth-order valence-electron chi connectivity index (χ4n) is 1.48. The number of ether oxygens (including phenoxy) is 1. The minimum Gasteiger partial charge on any atom is -0.439 e. The largest absolute Gasteiger partial charge is 0.439 e. The average molecular weight is 246 g/mol. The maximum absolute atomic E-state index is 13.3. The molecule has 1 heterocycles. The highest BCUT2D eigenvalue weighted by atomic mass is 19.1. The van der Waals surface area contributed by atoms with Gasteiger partial charge in [-0.1, -0.05) is 12.1 Å². The Balaban J connectivity index is 2.15. The number of aryl methyl sites for hydroxylation is 1. The first-order valence-electron chi connectivity index (χ1n) is 5.72. The summed E-state index contributed by atoms with van der Waals surface area (Å²) in [5, 5.41) is 0. The number of pyridine rings is 1. The van der Waals surface area contributed by atoms with Gasteiger partial charge in [-0.3, -0.25) is 0 Å². The standard InChI is InChI=1S/C14H15FN2O/c1-9-3-5-12(7-13(9)15)18-14-6-4-11(8-17-14)10(2)16/h3-8,10H,16H2,1-2H3/t10-/m1/s1. The lowest BCUT2D eigenvalue weighted by Crippen LogP contribution is -2.05. The van der Waals surface area contributed by atoms with Crippen LogP contribution in [-0.2, 0) is 0 Å². The zero-order chi connectivity index (χ0) is 13.1. The van der Waals surface area contributed by atoms with Crippen LogP contribution in [0.4, 0.5) is 4.39 Å². The van der Waals surface area contributed by atoms with Crippen LogP contribution >= 0.6 is 0 Å². The van der Waals surface area contributed by atoms with Gasteiger partial charge in [-0.2, -0.15) is 0 Å². The van der Waals surface area contributed by atoms with E-state index in [2.05, 4.69) is 4.98 Å². The van der Waals surface area contributed by atoms with Gasteiger partial charge in [0.2, 0.25) is 5.88 Å². The number of rotatable bonds is 3. The number of hydrogen-bond donors (Lipinski definition) is 1. The van der Waals surface area contributed by atoms with E-state index < -0.39 is 0 Å². The summed E-state index contributed by atoms with van der Waals surface area (Å²) in [5.74, 6) is 0.557. The minimum atomic E-state index is -0.292. The van der Waals surface area contributed by atoms with E-state index in [9.17, 15) is 4.39 Å². The Labute approximate surface area is 105 Å². The van der Waals surface area contributed by atoms with E-state index in [0.717, 1.165) is 5.56 Å². The van der Waals surface area contributed by atoms with Gasteiger partial charge in [0.05, 0.1) is 0 Å². The third-order valence-electron chi connectivity index (χ3n) is 2.65. The SMILES string of the molecule is Cc1ccc(Oc2ccc([C@@H](C)N)cn2)cc1F. The molecule has 4 heteroatoms. The Hall–Kier alpha value is -1.94. The van der Waals surface area contributed by atoms with Gasteiger partial charge in [0.25, 0.3) is 0 Å². The number of aromatic nitrogens is 1. The highest BCUT2D eigenvalue weighted by molar-refractivity contribution is 5.31. The molecule has 3 nitrogen and oxygen atoms in total. The number of halogens is 1. The summed E-state index contributed by atoms with van der Waals surface area (Å²) in [6.45, 7) is 3.59. The second-order valence-corrected chi connectivity index (χ2v) is 4.23. The van der Waals surface area contributed by atoms with Crippen molar-refractivity contribution in [1.82, 2.24) is 4.98 Å². The fourth-order valence-corrected chi connectivity index (χ4v) is 1.48. The maximum atomic E-state index is 13.3. The molecule has 18 heavy (non-hydrogen) atoms. The lowest BCUT2D eigenvalue weighted by molar-refractivity contribution is 0.457. The molecule has 0 saturated heterocycles. The summed E-state index contributed by atoms with van der Waals surface area (Å²) >= 11 is 0. The molecule has 1 atom stereocenters. The van der Waals surface area contributed by atoms with Crippen molar-refractivity contribution < 1.29 is 9.13 Å². The topological polar surface area (TPSA) is 48.1 Å². The van der Waals surface area contributed by atoms with Gasteiger partial charge in [-0.15, -0.1) is 0 Å². The molecule has 2 rings (SSSR count). The van der Waals surface area contributed by atoms with Crippen molar-refractivity contribution in [1.29, 1.82) is 0 Å². The van der Waals surface area contributed by atoms with Crippen LogP contribution in [0.3, 0.4) is 0 Å². The molecule has 1 aromatic heterocycles. The lowest BCUT2D eigenvalue weighted by Gasteiger charge is -2.08. The van der Waals surface area contributed by atoms with E-state index in [1.807, 2.05) is 13.0 Å². The molecule has 94 valence electrons. The molecule has 2 N–H and O–H groups in total. The van der Waals surface area contributed by atoms with E-state index in [-0.39, 0.29) is 11.9 Å². The van der Waals surface area contributed by atoms with E-state index in [1.165, 1.54) is 6.07 Å². The zero-order valence-electron chi connectivity index (χ0n) is 10.4. The number of nitrogens with two attached hydrogens (primary N) is 1. The molecular weight excluding hydrogens is 231 g/mol. The van der Waals surface area contributed by atoms with Gasteiger partial charge in [0.15, 0.2) is 0 Å². The second kappa shape index (κ2) is 5.14. The molecular formula is C14H15FN2O. The Kier molecular flexibility index (Phi) is 3.58. The van der Waals surface area contributed by atoms with E-state index >= 15 is 0 Å². The molecule has 0 aliphatic heterocycles. The van der Waals surface area contributed by atoms with Crippen LogP contribution in [0.25, 0.3) is 0 Å². The third kappa shape index (κ3) is 2.84. The molecule has 0 fully saturated rings. The summed E-state index contributed by atoms with van der Waals surface area (Å²) in [7, 11) is 0. The van der Waals surface area contributed by atoms with Gasteiger partial charge in [0, 0.05) is 24.4 Å². The molecule has 1 aromatic carbocycles. The van der Waals surface area contributed by atoms with Gasteiger partial charge >= 0.3 is 0 Å². The molecule has 0 saturated carbocycles. The Bertz CT molecular complexity index is 538. The highest BCUT2D eigenvalue weighted by Crippen LogP contribution is 2.22. The zero-order valence-corrected chi connectivity index (χ0v) is 10.4. The lowest BCUT2D eigenvalue weighted by atomic mass is 10.2. The van der Waals surface area contributed by atoms with E-state index in [4.69, 9.17) is 10.5 Å². The second-order valence-electron chi connectivity index (χ2n) is 4.23. The van der Waals surface area contributed by atoms with Crippen LogP contribution in [0.5, 0.6) is 11.6 Å². The van der Waals surface area contributed by atoms with Crippen LogP contribution in [0.1, 0.15) is 24.1 Å². The summed E-state index contributed by atoms with van der Waals surface area (Å²) < 4.78 is 18.8. The van der Waals surface area contributed by atoms with Crippen molar-refractivity contribution in [2.45, 2.75) is 19.9 Å². The molecule has 0 bridgehead atoms. The van der Waals surface area contributed by atoms with Crippen molar-refractivity contribution in [2.75, 3.05) is 0 Å². The smallest absolute Gasteiger partial charge is 0.219 e. The predicted octanol–water partition coefficient (Wildman–Crippen LogP) is 3.34. The van der Waals surface area contributed by atoms with Crippen LogP contribution in [0.15, 0.2) is 36.5 Å². The van der Waals surface area contributed by atoms with E-state index in [1.54, 1.807) is 31.3 Å². The molecule has 0 radical (unpaired) electrons. The minimum absolute atomic E-state index is 0.0663. The molecule has 0 aliphatic rings. The predicted molar refractivity (Wildman–Crippen MR) is 68.1 cm³/mol. The van der Waals surface area contributed by atoms with E-state index in [0.29, 0.717) is 17.2 Å². The van der Waals surface area contributed by atoms with Crippen molar-refractivity contribution in [3.05, 3.63) is 53.5 Å². The van der Waals surface area contributed by atoms with Crippen molar-refractivity contribution >= 4 is 0 Å². The molecule has 0 unspecified atom stereocenters. The molecule has 0 amide bonds. The molecule has 0 aliphatic carbocycles. The van der Waals surface area contributed by atoms with Crippen LogP contribution in [0, 0.1) is 12.7 Å². The monoisotopic (exact) mass is 246 g/mol. The summed E-state index contributed by atoms with van der Waals surface area (Å²) in [4.78, 5) is 4.12. The Morgan fingerprint density at radius 3 is 2.61 bits per heavy atom. The summed E-state index contributed by atoms with van der Waals surface area (Å²) in [6, 6.07) is 8.22. The Morgan fingerprint density at radius 2 is 2.06 bits per heavy atom. The van der Waals surface area contributed by atoms with Crippen LogP contribution < -0.4 is 10.5 Å². The number of nitrogens with zero attached hydrogens (tertiary/aromatic N) is 1. The molecule has 0 spiro atoms. The normalized spacial score (nSPS) is 12.2. The van der Waals surface area contributed by atoms with Crippen molar-refractivity contribution in [3.8, 4) is 11.6 Å². The van der Waals surface area contributed by atoms with Gasteiger partial charge in [-0.25, -0.2) is 9.37 Å². The summed E-state index contributed by atoms with van der Waals surface area (Å²) in [5.41, 5.74) is 7.24. The highest BCUT2D eigenvalue weighted by Gasteiger charge is 2.04. The first-order valence-corrected chi connectivity index (χ1v) is 5.72. The number of benzene rings is 1. The van der Waals surface area contributed by atoms with Gasteiger partial charge < -0.3 is 10.5 Å². The van der Waals surface area contributed by atoms with Crippen molar-refractivity contribution in [3.63, 3.8) is 0 Å². The molecule has 2 aromatic rings. The summed E-state index contributed by atoms with van der Waals surface area (Å²) in [6.07, 6.45) is 1.66. The van der Waals surface area contributed by atoms with Crippen molar-refractivity contribution in [2.24, 2.45) is 5.73 Å². The first kappa shape index (κ1) is 12.5. The maximum Gasteiger partial charge on any atom is 0.219 e. The van der Waals surface area contributed by atoms with Gasteiger partial charge in [0.1, 0.15) is 11.6 Å². The van der Waals surface area contributed by atoms with Gasteiger partial charge in [-0.05, 0) is 31.0 Å². The Morgan fingerprint density at radius 1 is 1.28 bits per heavy atom. The first-order chi connectivity index (χ1) is 8.56.